The lowest BCUT2D eigenvalue weighted by atomic mass is 9.90. The monoisotopic (exact) mass is 536 g/mol. The van der Waals surface area contributed by atoms with Crippen LogP contribution in [0.2, 0.25) is 5.02 Å². The molecule has 1 fully saturated rings. The first-order chi connectivity index (χ1) is 17.9. The summed E-state index contributed by atoms with van der Waals surface area (Å²) in [5, 5.41) is 3.41. The van der Waals surface area contributed by atoms with Gasteiger partial charge in [-0.2, -0.15) is 0 Å². The number of carbonyl (C=O) groups is 1. The Morgan fingerprint density at radius 3 is 2.49 bits per heavy atom. The van der Waals surface area contributed by atoms with Crippen molar-refractivity contribution in [2.45, 2.75) is 33.1 Å². The van der Waals surface area contributed by atoms with E-state index in [0.717, 1.165) is 48.5 Å². The van der Waals surface area contributed by atoms with E-state index in [-0.39, 0.29) is 12.5 Å². The minimum absolute atomic E-state index is 0.149. The highest BCUT2D eigenvalue weighted by Crippen LogP contribution is 2.30. The van der Waals surface area contributed by atoms with Gasteiger partial charge in [0, 0.05) is 29.4 Å². The van der Waals surface area contributed by atoms with Gasteiger partial charge in [0.15, 0.2) is 18.1 Å². The van der Waals surface area contributed by atoms with Crippen molar-refractivity contribution in [1.29, 1.82) is 0 Å². The number of hydrogen-bond acceptors (Lipinski definition) is 4. The van der Waals surface area contributed by atoms with Crippen molar-refractivity contribution in [3.8, 4) is 11.5 Å². The third-order valence-corrected chi connectivity index (χ3v) is 7.47. The van der Waals surface area contributed by atoms with E-state index in [1.165, 1.54) is 5.56 Å². The molecule has 7 heteroatoms. The Morgan fingerprint density at radius 2 is 1.78 bits per heavy atom. The normalized spacial score (nSPS) is 13.8. The lowest BCUT2D eigenvalue weighted by molar-refractivity contribution is -0.118. The number of halogens is 1. The van der Waals surface area contributed by atoms with Gasteiger partial charge in [-0.15, -0.1) is 0 Å². The average Bonchev–Trinajstić information content (AvgIpc) is 2.91. The quantitative estimate of drug-likeness (QED) is 0.308. The van der Waals surface area contributed by atoms with Crippen LogP contribution >= 0.6 is 23.8 Å². The maximum atomic E-state index is 12.4. The minimum atomic E-state index is -0.277. The number of carbonyl (C=O) groups excluding carboxylic acids is 1. The Balaban J connectivity index is 1.33. The van der Waals surface area contributed by atoms with Crippen LogP contribution in [0.25, 0.3) is 0 Å². The highest BCUT2D eigenvalue weighted by molar-refractivity contribution is 7.80. The average molecular weight is 537 g/mol. The number of nitrogens with zero attached hydrogens (tertiary/aromatic N) is 1. The van der Waals surface area contributed by atoms with Crippen LogP contribution < -0.4 is 14.8 Å². The molecule has 1 heterocycles. The topological polar surface area (TPSA) is 50.8 Å². The van der Waals surface area contributed by atoms with Crippen LogP contribution in [0.1, 0.15) is 36.5 Å². The van der Waals surface area contributed by atoms with E-state index < -0.39 is 0 Å². The van der Waals surface area contributed by atoms with E-state index in [0.29, 0.717) is 34.7 Å². The van der Waals surface area contributed by atoms with Gasteiger partial charge in [0.25, 0.3) is 5.91 Å². The molecule has 0 spiro atoms. The summed E-state index contributed by atoms with van der Waals surface area (Å²) in [5.74, 6) is 1.48. The number of likely N-dealkylation sites (tertiary alicyclic amines) is 1. The Hall–Kier alpha value is -3.09. The van der Waals surface area contributed by atoms with Crippen LogP contribution in [0.3, 0.4) is 0 Å². The second kappa shape index (κ2) is 12.9. The Bertz CT molecular complexity index is 1230. The molecule has 0 radical (unpaired) electrons. The van der Waals surface area contributed by atoms with E-state index in [9.17, 15) is 4.79 Å². The number of benzene rings is 3. The van der Waals surface area contributed by atoms with Crippen LogP contribution in [0, 0.1) is 12.8 Å². The van der Waals surface area contributed by atoms with E-state index >= 15 is 0 Å². The smallest absolute Gasteiger partial charge is 0.262 e. The first-order valence-corrected chi connectivity index (χ1v) is 13.5. The molecule has 1 aliphatic heterocycles. The van der Waals surface area contributed by atoms with Crippen molar-refractivity contribution in [3.05, 3.63) is 88.4 Å². The lowest BCUT2D eigenvalue weighted by Crippen LogP contribution is -2.38. The lowest BCUT2D eigenvalue weighted by Gasteiger charge is -2.34. The van der Waals surface area contributed by atoms with Gasteiger partial charge in [-0.05, 0) is 80.5 Å². The molecule has 37 heavy (non-hydrogen) atoms. The van der Waals surface area contributed by atoms with Crippen LogP contribution in [0.15, 0.2) is 66.7 Å². The summed E-state index contributed by atoms with van der Waals surface area (Å²) in [6.07, 6.45) is 3.36. The summed E-state index contributed by atoms with van der Waals surface area (Å²) in [6.45, 7) is 6.05. The minimum Gasteiger partial charge on any atom is -0.490 e. The highest BCUT2D eigenvalue weighted by atomic mass is 35.5. The van der Waals surface area contributed by atoms with Gasteiger partial charge in [0.05, 0.1) is 6.61 Å². The molecule has 1 aliphatic rings. The number of piperidine rings is 1. The highest BCUT2D eigenvalue weighted by Gasteiger charge is 2.22. The van der Waals surface area contributed by atoms with Crippen molar-refractivity contribution in [3.63, 3.8) is 0 Å². The van der Waals surface area contributed by atoms with Gasteiger partial charge in [0.2, 0.25) is 0 Å². The summed E-state index contributed by atoms with van der Waals surface area (Å²) in [5.41, 5.74) is 3.90. The maximum absolute atomic E-state index is 12.4. The van der Waals surface area contributed by atoms with Crippen molar-refractivity contribution in [2.75, 3.05) is 31.6 Å². The number of anilines is 1. The van der Waals surface area contributed by atoms with E-state index in [1.807, 2.05) is 44.2 Å². The molecular formula is C30H33ClN2O3S. The van der Waals surface area contributed by atoms with Gasteiger partial charge in [0.1, 0.15) is 4.99 Å². The van der Waals surface area contributed by atoms with E-state index in [4.69, 9.17) is 33.3 Å². The van der Waals surface area contributed by atoms with Crippen LogP contribution in [-0.4, -0.2) is 42.1 Å². The molecule has 0 bridgehead atoms. The Morgan fingerprint density at radius 1 is 1.03 bits per heavy atom. The number of thiocarbonyl (C=S) groups is 1. The van der Waals surface area contributed by atoms with Gasteiger partial charge in [-0.3, -0.25) is 4.79 Å². The third kappa shape index (κ3) is 7.46. The fourth-order valence-electron chi connectivity index (χ4n) is 4.51. The fraction of sp³-hybridized carbons (Fsp3) is 0.333. The zero-order chi connectivity index (χ0) is 26.2. The van der Waals surface area contributed by atoms with Crippen molar-refractivity contribution in [1.82, 2.24) is 4.90 Å². The SMILES string of the molecule is CCOc1cc(C(=S)N2CCC(Cc3ccccc3)CC2)ccc1OCC(=O)Nc1ccc(C)c(Cl)c1. The molecule has 194 valence electrons. The molecule has 4 rings (SSSR count). The number of amides is 1. The predicted molar refractivity (Wildman–Crippen MR) is 154 cm³/mol. The molecule has 0 saturated carbocycles. The van der Waals surface area contributed by atoms with Gasteiger partial charge >= 0.3 is 0 Å². The van der Waals surface area contributed by atoms with E-state index in [2.05, 4.69) is 40.5 Å². The van der Waals surface area contributed by atoms with Gasteiger partial charge in [-0.25, -0.2) is 0 Å². The second-order valence-electron chi connectivity index (χ2n) is 9.32. The second-order valence-corrected chi connectivity index (χ2v) is 10.1. The third-order valence-electron chi connectivity index (χ3n) is 6.57. The van der Waals surface area contributed by atoms with Crippen molar-refractivity contribution < 1.29 is 14.3 Å². The summed E-state index contributed by atoms with van der Waals surface area (Å²) in [4.78, 5) is 15.5. The standard InChI is InChI=1S/C30H33ClN2O3S/c1-3-35-28-18-24(30(37)33-15-13-23(14-16-33)17-22-7-5-4-6-8-22)10-12-27(28)36-20-29(34)32-25-11-9-21(2)26(31)19-25/h4-12,18-19,23H,3,13-17,20H2,1-2H3,(H,32,34). The molecule has 1 saturated heterocycles. The molecule has 3 aromatic rings. The molecular weight excluding hydrogens is 504 g/mol. The molecule has 1 amide bonds. The zero-order valence-electron chi connectivity index (χ0n) is 21.3. The van der Waals surface area contributed by atoms with Gasteiger partial charge < -0.3 is 19.7 Å². The number of rotatable bonds is 9. The fourth-order valence-corrected chi connectivity index (χ4v) is 5.00. The molecule has 0 aliphatic carbocycles. The van der Waals surface area contributed by atoms with E-state index in [1.54, 1.807) is 6.07 Å². The number of ether oxygens (including phenoxy) is 2. The Labute approximate surface area is 229 Å². The van der Waals surface area contributed by atoms with Crippen LogP contribution in [-0.2, 0) is 11.2 Å². The number of nitrogens with one attached hydrogen (secondary N) is 1. The molecule has 0 unspecified atom stereocenters. The van der Waals surface area contributed by atoms with Crippen LogP contribution in [0.5, 0.6) is 11.5 Å². The summed E-state index contributed by atoms with van der Waals surface area (Å²) >= 11 is 12.0. The molecule has 3 aromatic carbocycles. The number of hydrogen-bond donors (Lipinski definition) is 1. The van der Waals surface area contributed by atoms with Crippen LogP contribution in [0.4, 0.5) is 5.69 Å². The Kier molecular flexibility index (Phi) is 9.42. The maximum Gasteiger partial charge on any atom is 0.262 e. The first kappa shape index (κ1) is 27.0. The summed E-state index contributed by atoms with van der Waals surface area (Å²) in [6, 6.07) is 21.8. The summed E-state index contributed by atoms with van der Waals surface area (Å²) in [7, 11) is 0. The summed E-state index contributed by atoms with van der Waals surface area (Å²) < 4.78 is 11.6. The zero-order valence-corrected chi connectivity index (χ0v) is 22.9. The number of aryl methyl sites for hydroxylation is 1. The molecule has 5 nitrogen and oxygen atoms in total. The predicted octanol–water partition coefficient (Wildman–Crippen LogP) is 6.69. The first-order valence-electron chi connectivity index (χ1n) is 12.7. The molecule has 1 N–H and O–H groups in total. The van der Waals surface area contributed by atoms with Gasteiger partial charge in [-0.1, -0.05) is 60.2 Å². The molecule has 0 aromatic heterocycles. The van der Waals surface area contributed by atoms with Crippen molar-refractivity contribution >= 4 is 40.4 Å². The van der Waals surface area contributed by atoms with Crippen molar-refractivity contribution in [2.24, 2.45) is 5.92 Å². The molecule has 0 atom stereocenters. The largest absolute Gasteiger partial charge is 0.490 e.